The molecule has 1 N–H and O–H groups in total. The molecule has 1 aliphatic rings. The molecule has 1 atom stereocenters. The fourth-order valence-electron chi connectivity index (χ4n) is 4.13. The molecule has 0 spiro atoms. The van der Waals surface area contributed by atoms with Gasteiger partial charge in [-0.1, -0.05) is 41.9 Å². The van der Waals surface area contributed by atoms with Gasteiger partial charge in [0.05, 0.1) is 31.5 Å². The van der Waals surface area contributed by atoms with E-state index in [1.165, 1.54) is 0 Å². The lowest BCUT2D eigenvalue weighted by Gasteiger charge is -2.35. The number of amides is 1. The van der Waals surface area contributed by atoms with Crippen molar-refractivity contribution in [1.82, 2.24) is 20.0 Å². The molecule has 1 aliphatic heterocycles. The molecule has 168 valence electrons. The van der Waals surface area contributed by atoms with E-state index in [0.29, 0.717) is 36.9 Å². The van der Waals surface area contributed by atoms with Gasteiger partial charge < -0.3 is 10.1 Å². The molecule has 1 saturated heterocycles. The molecule has 32 heavy (non-hydrogen) atoms. The number of ether oxygens (including phenoxy) is 1. The molecule has 0 saturated carbocycles. The van der Waals surface area contributed by atoms with Gasteiger partial charge in [-0.3, -0.25) is 14.4 Å². The van der Waals surface area contributed by atoms with Crippen molar-refractivity contribution in [3.05, 3.63) is 87.7 Å². The van der Waals surface area contributed by atoms with Gasteiger partial charge in [0, 0.05) is 35.9 Å². The molecular weight excluding hydrogens is 424 g/mol. The van der Waals surface area contributed by atoms with Gasteiger partial charge in [-0.15, -0.1) is 0 Å². The maximum Gasteiger partial charge on any atom is 0.251 e. The quantitative estimate of drug-likeness (QED) is 0.588. The van der Waals surface area contributed by atoms with E-state index in [-0.39, 0.29) is 11.9 Å². The van der Waals surface area contributed by atoms with Crippen LogP contribution >= 0.6 is 11.6 Å². The highest BCUT2D eigenvalue weighted by Crippen LogP contribution is 2.28. The van der Waals surface area contributed by atoms with Crippen LogP contribution < -0.4 is 5.32 Å². The number of carbonyl (C=O) groups excluding carboxylic acids is 1. The first-order valence-electron chi connectivity index (χ1n) is 11.0. The number of aromatic nitrogens is 2. The molecule has 7 heteroatoms. The molecule has 0 aliphatic carbocycles. The summed E-state index contributed by atoms with van der Waals surface area (Å²) in [7, 11) is 0. The Morgan fingerprint density at radius 1 is 1.12 bits per heavy atom. The maximum absolute atomic E-state index is 12.9. The number of carbonyl (C=O) groups is 1. The summed E-state index contributed by atoms with van der Waals surface area (Å²) in [5.74, 6) is -0.0898. The highest BCUT2D eigenvalue weighted by atomic mass is 35.5. The molecule has 1 fully saturated rings. The van der Waals surface area contributed by atoms with Crippen LogP contribution in [0.4, 0.5) is 0 Å². The largest absolute Gasteiger partial charge is 0.379 e. The standard InChI is InChI=1S/C25H29ClN4O2/c1-18-15-19(2)30(28-18)17-20-7-9-21(10-8-20)25(31)27-16-24(29-11-13-32-14-12-29)22-5-3-4-6-23(22)26/h3-10,15,24H,11-14,16-17H2,1-2H3,(H,27,31). The van der Waals surface area contributed by atoms with E-state index >= 15 is 0 Å². The summed E-state index contributed by atoms with van der Waals surface area (Å²) in [4.78, 5) is 15.2. The second kappa shape index (κ2) is 10.3. The molecule has 2 aromatic carbocycles. The van der Waals surface area contributed by atoms with Gasteiger partial charge in [-0.2, -0.15) is 5.10 Å². The summed E-state index contributed by atoms with van der Waals surface area (Å²) in [6.07, 6.45) is 0. The lowest BCUT2D eigenvalue weighted by Crippen LogP contribution is -2.44. The number of nitrogens with one attached hydrogen (secondary N) is 1. The Morgan fingerprint density at radius 2 is 1.84 bits per heavy atom. The van der Waals surface area contributed by atoms with Crippen molar-refractivity contribution in [3.8, 4) is 0 Å². The van der Waals surface area contributed by atoms with E-state index in [2.05, 4.69) is 21.4 Å². The molecule has 1 unspecified atom stereocenters. The number of morpholine rings is 1. The summed E-state index contributed by atoms with van der Waals surface area (Å²) in [6, 6.07) is 17.6. The Labute approximate surface area is 194 Å². The maximum atomic E-state index is 12.9. The van der Waals surface area contributed by atoms with Crippen molar-refractivity contribution < 1.29 is 9.53 Å². The molecule has 4 rings (SSSR count). The van der Waals surface area contributed by atoms with Crippen LogP contribution in [0.1, 0.15) is 38.9 Å². The Balaban J connectivity index is 1.42. The third-order valence-corrected chi connectivity index (χ3v) is 6.20. The Kier molecular flexibility index (Phi) is 7.25. The zero-order valence-electron chi connectivity index (χ0n) is 18.6. The van der Waals surface area contributed by atoms with Crippen LogP contribution in [0.3, 0.4) is 0 Å². The predicted molar refractivity (Wildman–Crippen MR) is 126 cm³/mol. The second-order valence-corrected chi connectivity index (χ2v) is 8.58. The molecule has 1 amide bonds. The van der Waals surface area contributed by atoms with Crippen LogP contribution in [0, 0.1) is 13.8 Å². The number of rotatable bonds is 7. The smallest absolute Gasteiger partial charge is 0.251 e. The second-order valence-electron chi connectivity index (χ2n) is 8.18. The monoisotopic (exact) mass is 452 g/mol. The number of aryl methyl sites for hydroxylation is 2. The highest BCUT2D eigenvalue weighted by Gasteiger charge is 2.25. The van der Waals surface area contributed by atoms with Crippen molar-refractivity contribution in [2.75, 3.05) is 32.8 Å². The molecule has 0 bridgehead atoms. The number of benzene rings is 2. The molecule has 2 heterocycles. The number of halogens is 1. The van der Waals surface area contributed by atoms with Crippen LogP contribution in [0.5, 0.6) is 0 Å². The van der Waals surface area contributed by atoms with Crippen LogP contribution in [0.15, 0.2) is 54.6 Å². The van der Waals surface area contributed by atoms with Crippen molar-refractivity contribution in [2.45, 2.75) is 26.4 Å². The van der Waals surface area contributed by atoms with Gasteiger partial charge >= 0.3 is 0 Å². The van der Waals surface area contributed by atoms with Crippen LogP contribution in [-0.2, 0) is 11.3 Å². The Bertz CT molecular complexity index is 1060. The minimum atomic E-state index is -0.0898. The van der Waals surface area contributed by atoms with Crippen molar-refractivity contribution in [3.63, 3.8) is 0 Å². The summed E-state index contributed by atoms with van der Waals surface area (Å²) < 4.78 is 7.48. The van der Waals surface area contributed by atoms with Gasteiger partial charge in [0.25, 0.3) is 5.91 Å². The fraction of sp³-hybridized carbons (Fsp3) is 0.360. The zero-order valence-corrected chi connectivity index (χ0v) is 19.3. The van der Waals surface area contributed by atoms with E-state index in [1.54, 1.807) is 0 Å². The van der Waals surface area contributed by atoms with Crippen molar-refractivity contribution >= 4 is 17.5 Å². The van der Waals surface area contributed by atoms with E-state index in [0.717, 1.165) is 35.6 Å². The predicted octanol–water partition coefficient (Wildman–Crippen LogP) is 4.00. The van der Waals surface area contributed by atoms with Gasteiger partial charge in [0.15, 0.2) is 0 Å². The summed E-state index contributed by atoms with van der Waals surface area (Å²) in [5, 5.41) is 8.33. The van der Waals surface area contributed by atoms with E-state index in [1.807, 2.05) is 67.1 Å². The summed E-state index contributed by atoms with van der Waals surface area (Å²) in [5.41, 5.74) is 4.90. The number of hydrogen-bond donors (Lipinski definition) is 1. The minimum Gasteiger partial charge on any atom is -0.379 e. The lowest BCUT2D eigenvalue weighted by atomic mass is 10.0. The van der Waals surface area contributed by atoms with E-state index < -0.39 is 0 Å². The van der Waals surface area contributed by atoms with Crippen LogP contribution in [-0.4, -0.2) is 53.4 Å². The highest BCUT2D eigenvalue weighted by molar-refractivity contribution is 6.31. The Hall–Kier alpha value is -2.67. The lowest BCUT2D eigenvalue weighted by molar-refractivity contribution is 0.0162. The summed E-state index contributed by atoms with van der Waals surface area (Å²) >= 11 is 6.49. The average molecular weight is 453 g/mol. The summed E-state index contributed by atoms with van der Waals surface area (Å²) in [6.45, 7) is 8.20. The molecule has 6 nitrogen and oxygen atoms in total. The molecular formula is C25H29ClN4O2. The van der Waals surface area contributed by atoms with E-state index in [9.17, 15) is 4.79 Å². The van der Waals surface area contributed by atoms with Crippen LogP contribution in [0.25, 0.3) is 0 Å². The van der Waals surface area contributed by atoms with Gasteiger partial charge in [-0.25, -0.2) is 0 Å². The number of hydrogen-bond acceptors (Lipinski definition) is 4. The first-order valence-corrected chi connectivity index (χ1v) is 11.3. The third kappa shape index (κ3) is 5.38. The van der Waals surface area contributed by atoms with Crippen molar-refractivity contribution in [2.24, 2.45) is 0 Å². The first-order chi connectivity index (χ1) is 15.5. The minimum absolute atomic E-state index is 0.00172. The number of nitrogens with zero attached hydrogens (tertiary/aromatic N) is 3. The Morgan fingerprint density at radius 3 is 2.50 bits per heavy atom. The first kappa shape index (κ1) is 22.5. The average Bonchev–Trinajstić information content (AvgIpc) is 3.12. The van der Waals surface area contributed by atoms with Crippen molar-refractivity contribution in [1.29, 1.82) is 0 Å². The molecule has 0 radical (unpaired) electrons. The molecule has 1 aromatic heterocycles. The molecule has 3 aromatic rings. The van der Waals surface area contributed by atoms with Gasteiger partial charge in [0.2, 0.25) is 0 Å². The van der Waals surface area contributed by atoms with Gasteiger partial charge in [-0.05, 0) is 49.2 Å². The van der Waals surface area contributed by atoms with Crippen LogP contribution in [0.2, 0.25) is 5.02 Å². The SMILES string of the molecule is Cc1cc(C)n(Cc2ccc(C(=O)NCC(c3ccccc3Cl)N3CCOCC3)cc2)n1. The van der Waals surface area contributed by atoms with Gasteiger partial charge in [0.1, 0.15) is 0 Å². The topological polar surface area (TPSA) is 59.4 Å². The third-order valence-electron chi connectivity index (χ3n) is 5.86. The zero-order chi connectivity index (χ0) is 22.5. The van der Waals surface area contributed by atoms with E-state index in [4.69, 9.17) is 16.3 Å². The fourth-order valence-corrected chi connectivity index (χ4v) is 4.39. The normalized spacial score (nSPS) is 15.5.